The number of likely N-dealkylation sites (tertiary alicyclic amines) is 1. The molecule has 0 aromatic rings. The maximum Gasteiger partial charge on any atom is 0.234 e. The maximum absolute atomic E-state index is 10.7. The van der Waals surface area contributed by atoms with Gasteiger partial charge in [0, 0.05) is 0 Å². The smallest absolute Gasteiger partial charge is 0.234 e. The molecule has 0 aromatic carbocycles. The number of primary amides is 1. The fraction of sp³-hybridized carbons (Fsp3) is 0.900. The van der Waals surface area contributed by atoms with Crippen molar-refractivity contribution in [3.8, 4) is 0 Å². The van der Waals surface area contributed by atoms with Crippen LogP contribution in [0.5, 0.6) is 0 Å². The number of carbonyl (C=O) groups is 1. The molecule has 3 N–H and O–H groups in total. The lowest BCUT2D eigenvalue weighted by atomic mass is 10.3. The lowest BCUT2D eigenvalue weighted by Gasteiger charge is -2.15. The van der Waals surface area contributed by atoms with Crippen molar-refractivity contribution in [1.29, 1.82) is 0 Å². The summed E-state index contributed by atoms with van der Waals surface area (Å²) >= 11 is 0. The highest BCUT2D eigenvalue weighted by molar-refractivity contribution is 5.79. The Hall–Kier alpha value is -0.610. The molecular weight excluding hydrogens is 178 g/mol. The van der Waals surface area contributed by atoms with E-state index >= 15 is 0 Å². The Morgan fingerprint density at radius 3 is 2.71 bits per heavy atom. The normalized spacial score (nSPS) is 19.8. The van der Waals surface area contributed by atoms with Crippen LogP contribution < -0.4 is 11.1 Å². The number of amides is 1. The van der Waals surface area contributed by atoms with Crippen LogP contribution in [-0.4, -0.2) is 43.0 Å². The molecule has 14 heavy (non-hydrogen) atoms. The molecule has 0 aromatic heterocycles. The minimum absolute atomic E-state index is 0.200. The van der Waals surface area contributed by atoms with Crippen molar-refractivity contribution in [1.82, 2.24) is 10.2 Å². The first-order valence-electron chi connectivity index (χ1n) is 5.45. The molecule has 1 aliphatic rings. The first kappa shape index (κ1) is 11.5. The van der Waals surface area contributed by atoms with Crippen molar-refractivity contribution in [2.24, 2.45) is 5.73 Å². The van der Waals surface area contributed by atoms with E-state index in [9.17, 15) is 4.79 Å². The first-order valence-corrected chi connectivity index (χ1v) is 5.45. The molecular formula is C10H21N3O. The molecule has 0 aliphatic carbocycles. The van der Waals surface area contributed by atoms with E-state index in [1.807, 2.05) is 0 Å². The summed E-state index contributed by atoms with van der Waals surface area (Å²) in [5.74, 6) is -0.272. The van der Waals surface area contributed by atoms with Gasteiger partial charge in [-0.1, -0.05) is 0 Å². The molecule has 0 spiro atoms. The van der Waals surface area contributed by atoms with Gasteiger partial charge in [0.25, 0.3) is 0 Å². The number of nitrogens with zero attached hydrogens (tertiary/aromatic N) is 1. The van der Waals surface area contributed by atoms with E-state index in [2.05, 4.69) is 10.2 Å². The summed E-state index contributed by atoms with van der Waals surface area (Å²) in [4.78, 5) is 13.2. The predicted octanol–water partition coefficient (Wildman–Crippen LogP) is -0.0643. The largest absolute Gasteiger partial charge is 0.368 e. The Kier molecular flexibility index (Phi) is 4.90. The number of carbonyl (C=O) groups excluding carboxylic acids is 1. The van der Waals surface area contributed by atoms with Gasteiger partial charge in [0.15, 0.2) is 0 Å². The van der Waals surface area contributed by atoms with E-state index in [1.54, 1.807) is 6.92 Å². The molecule has 4 heteroatoms. The van der Waals surface area contributed by atoms with Crippen LogP contribution in [0, 0.1) is 0 Å². The Balaban J connectivity index is 1.95. The van der Waals surface area contributed by atoms with Crippen LogP contribution >= 0.6 is 0 Å². The fourth-order valence-corrected chi connectivity index (χ4v) is 1.73. The average molecular weight is 199 g/mol. The summed E-state index contributed by atoms with van der Waals surface area (Å²) in [7, 11) is 0. The first-order chi connectivity index (χ1) is 6.70. The molecule has 1 unspecified atom stereocenters. The van der Waals surface area contributed by atoms with Crippen molar-refractivity contribution in [3.05, 3.63) is 0 Å². The Bertz CT molecular complexity index is 178. The molecule has 4 nitrogen and oxygen atoms in total. The molecule has 1 aliphatic heterocycles. The van der Waals surface area contributed by atoms with E-state index in [0.717, 1.165) is 19.5 Å². The number of nitrogens with one attached hydrogen (secondary N) is 1. The summed E-state index contributed by atoms with van der Waals surface area (Å²) in [5.41, 5.74) is 5.13. The van der Waals surface area contributed by atoms with Gasteiger partial charge in [-0.2, -0.15) is 0 Å². The molecule has 1 saturated heterocycles. The van der Waals surface area contributed by atoms with E-state index in [0.29, 0.717) is 0 Å². The second-order valence-corrected chi connectivity index (χ2v) is 3.98. The van der Waals surface area contributed by atoms with Crippen LogP contribution in [0.3, 0.4) is 0 Å². The van der Waals surface area contributed by atoms with Crippen LogP contribution in [0.1, 0.15) is 26.2 Å². The van der Waals surface area contributed by atoms with Gasteiger partial charge in [0.1, 0.15) is 0 Å². The SMILES string of the molecule is CC(NCCCN1CCCC1)C(N)=O. The third kappa shape index (κ3) is 4.07. The van der Waals surface area contributed by atoms with Crippen molar-refractivity contribution in [2.75, 3.05) is 26.2 Å². The number of nitrogens with two attached hydrogens (primary N) is 1. The Morgan fingerprint density at radius 2 is 2.14 bits per heavy atom. The van der Waals surface area contributed by atoms with Gasteiger partial charge in [-0.25, -0.2) is 0 Å². The summed E-state index contributed by atoms with van der Waals surface area (Å²) < 4.78 is 0. The third-order valence-electron chi connectivity index (χ3n) is 2.73. The van der Waals surface area contributed by atoms with Crippen molar-refractivity contribution >= 4 is 5.91 Å². The van der Waals surface area contributed by atoms with Crippen molar-refractivity contribution < 1.29 is 4.79 Å². The summed E-state index contributed by atoms with van der Waals surface area (Å²) in [5, 5.41) is 3.10. The monoisotopic (exact) mass is 199 g/mol. The lowest BCUT2D eigenvalue weighted by molar-refractivity contribution is -0.119. The van der Waals surface area contributed by atoms with Gasteiger partial charge in [-0.3, -0.25) is 4.79 Å². The zero-order chi connectivity index (χ0) is 10.4. The second-order valence-electron chi connectivity index (χ2n) is 3.98. The molecule has 0 bridgehead atoms. The van der Waals surface area contributed by atoms with Crippen molar-refractivity contribution in [3.63, 3.8) is 0 Å². The van der Waals surface area contributed by atoms with Gasteiger partial charge >= 0.3 is 0 Å². The molecule has 1 atom stereocenters. The number of hydrogen-bond donors (Lipinski definition) is 2. The molecule has 1 heterocycles. The van der Waals surface area contributed by atoms with Crippen LogP contribution in [-0.2, 0) is 4.79 Å². The molecule has 1 rings (SSSR count). The quantitative estimate of drug-likeness (QED) is 0.589. The van der Waals surface area contributed by atoms with Crippen LogP contribution in [0.4, 0.5) is 0 Å². The van der Waals surface area contributed by atoms with Gasteiger partial charge in [0.05, 0.1) is 6.04 Å². The summed E-state index contributed by atoms with van der Waals surface area (Å²) in [6.45, 7) is 6.30. The number of hydrogen-bond acceptors (Lipinski definition) is 3. The van der Waals surface area contributed by atoms with E-state index in [4.69, 9.17) is 5.73 Å². The van der Waals surface area contributed by atoms with Crippen LogP contribution in [0.2, 0.25) is 0 Å². The van der Waals surface area contributed by atoms with Gasteiger partial charge in [-0.15, -0.1) is 0 Å². The average Bonchev–Trinajstić information content (AvgIpc) is 2.64. The summed E-state index contributed by atoms with van der Waals surface area (Å²) in [6.07, 6.45) is 3.77. The molecule has 0 saturated carbocycles. The van der Waals surface area contributed by atoms with Crippen LogP contribution in [0.25, 0.3) is 0 Å². The Morgan fingerprint density at radius 1 is 1.50 bits per heavy atom. The standard InChI is InChI=1S/C10H21N3O/c1-9(10(11)14)12-5-4-8-13-6-2-3-7-13/h9,12H,2-8H2,1H3,(H2,11,14). The number of rotatable bonds is 6. The van der Waals surface area contributed by atoms with Crippen molar-refractivity contribution in [2.45, 2.75) is 32.2 Å². The summed E-state index contributed by atoms with van der Waals surface area (Å²) in [6, 6.07) is -0.200. The molecule has 82 valence electrons. The topological polar surface area (TPSA) is 58.4 Å². The van der Waals surface area contributed by atoms with E-state index in [-0.39, 0.29) is 11.9 Å². The lowest BCUT2D eigenvalue weighted by Crippen LogP contribution is -2.39. The fourth-order valence-electron chi connectivity index (χ4n) is 1.73. The molecule has 0 radical (unpaired) electrons. The third-order valence-corrected chi connectivity index (χ3v) is 2.73. The van der Waals surface area contributed by atoms with Gasteiger partial charge in [-0.05, 0) is 52.4 Å². The molecule has 1 amide bonds. The predicted molar refractivity (Wildman–Crippen MR) is 57.0 cm³/mol. The van der Waals surface area contributed by atoms with Gasteiger partial charge in [0.2, 0.25) is 5.91 Å². The van der Waals surface area contributed by atoms with Gasteiger partial charge < -0.3 is 16.0 Å². The maximum atomic E-state index is 10.7. The molecule has 1 fully saturated rings. The minimum Gasteiger partial charge on any atom is -0.368 e. The zero-order valence-electron chi connectivity index (χ0n) is 8.96. The zero-order valence-corrected chi connectivity index (χ0v) is 8.96. The van der Waals surface area contributed by atoms with E-state index < -0.39 is 0 Å². The highest BCUT2D eigenvalue weighted by atomic mass is 16.1. The highest BCUT2D eigenvalue weighted by Gasteiger charge is 2.11. The minimum atomic E-state index is -0.272. The highest BCUT2D eigenvalue weighted by Crippen LogP contribution is 2.06. The van der Waals surface area contributed by atoms with E-state index in [1.165, 1.54) is 25.9 Å². The second kappa shape index (κ2) is 5.98. The van der Waals surface area contributed by atoms with Crippen LogP contribution in [0.15, 0.2) is 0 Å². The Labute approximate surface area is 85.8 Å².